The molecule has 0 saturated heterocycles. The van der Waals surface area contributed by atoms with E-state index in [-0.39, 0.29) is 6.17 Å². The van der Waals surface area contributed by atoms with Crippen LogP contribution in [0.3, 0.4) is 0 Å². The molecule has 2 amide bonds. The monoisotopic (exact) mass is 392 g/mol. The predicted molar refractivity (Wildman–Crippen MR) is 114 cm³/mol. The molecule has 6 nitrogen and oxygen atoms in total. The van der Waals surface area contributed by atoms with Gasteiger partial charge in [-0.1, -0.05) is 49.6 Å². The fourth-order valence-corrected chi connectivity index (χ4v) is 4.42. The van der Waals surface area contributed by atoms with Crippen LogP contribution in [-0.4, -0.2) is 41.3 Å². The second-order valence-electron chi connectivity index (χ2n) is 7.71. The zero-order valence-corrected chi connectivity index (χ0v) is 16.8. The lowest BCUT2D eigenvalue weighted by Gasteiger charge is -2.45. The Morgan fingerprint density at radius 2 is 1.72 bits per heavy atom. The van der Waals surface area contributed by atoms with E-state index >= 15 is 0 Å². The van der Waals surface area contributed by atoms with E-state index < -0.39 is 6.03 Å². The topological polar surface area (TPSA) is 71.2 Å². The fraction of sp³-hybridized carbons (Fsp3) is 0.391. The van der Waals surface area contributed by atoms with Gasteiger partial charge in [-0.3, -0.25) is 4.90 Å². The standard InChI is InChI=1S/C23H28N4O2/c1-29-20-14-12-17(13-15-20)21-16-26(19-10-6-3-7-11-19)22(27(25-21)23(24)28)18-8-4-2-5-9-18/h2,4-5,8-9,12-15,19,22H,3,6-7,10-11,16H2,1H3,(H2,24,28). The Morgan fingerprint density at radius 1 is 1.03 bits per heavy atom. The molecule has 2 N–H and O–H groups in total. The van der Waals surface area contributed by atoms with Crippen LogP contribution < -0.4 is 10.5 Å². The van der Waals surface area contributed by atoms with Gasteiger partial charge in [0.05, 0.1) is 12.8 Å². The molecule has 152 valence electrons. The number of methoxy groups -OCH3 is 1. The maximum atomic E-state index is 12.4. The molecule has 29 heavy (non-hydrogen) atoms. The minimum atomic E-state index is -0.537. The largest absolute Gasteiger partial charge is 0.497 e. The van der Waals surface area contributed by atoms with Crippen LogP contribution in [0.15, 0.2) is 59.7 Å². The van der Waals surface area contributed by atoms with Crippen LogP contribution in [0, 0.1) is 0 Å². The quantitative estimate of drug-likeness (QED) is 0.850. The molecular weight excluding hydrogens is 364 g/mol. The highest BCUT2D eigenvalue weighted by molar-refractivity contribution is 6.03. The van der Waals surface area contributed by atoms with Crippen LogP contribution >= 0.6 is 0 Å². The second-order valence-corrected chi connectivity index (χ2v) is 7.71. The summed E-state index contributed by atoms with van der Waals surface area (Å²) in [6, 6.07) is 17.7. The molecule has 4 rings (SSSR count). The van der Waals surface area contributed by atoms with Gasteiger partial charge in [0.1, 0.15) is 11.9 Å². The number of nitrogens with two attached hydrogens (primary N) is 1. The molecule has 2 aromatic rings. The van der Waals surface area contributed by atoms with E-state index in [1.165, 1.54) is 24.3 Å². The highest BCUT2D eigenvalue weighted by Gasteiger charge is 2.38. The maximum absolute atomic E-state index is 12.4. The van der Waals surface area contributed by atoms with Crippen molar-refractivity contribution >= 4 is 11.7 Å². The van der Waals surface area contributed by atoms with Crippen molar-refractivity contribution in [3.05, 3.63) is 65.7 Å². The van der Waals surface area contributed by atoms with Gasteiger partial charge in [-0.25, -0.2) is 4.79 Å². The molecule has 2 aliphatic rings. The zero-order valence-electron chi connectivity index (χ0n) is 16.8. The van der Waals surface area contributed by atoms with Crippen LogP contribution in [-0.2, 0) is 0 Å². The Morgan fingerprint density at radius 3 is 2.34 bits per heavy atom. The van der Waals surface area contributed by atoms with Crippen molar-refractivity contribution in [2.24, 2.45) is 10.8 Å². The molecule has 0 aromatic heterocycles. The molecule has 1 atom stereocenters. The molecular formula is C23H28N4O2. The molecule has 0 spiro atoms. The smallest absolute Gasteiger partial charge is 0.337 e. The number of benzene rings is 2. The van der Waals surface area contributed by atoms with Gasteiger partial charge in [0.25, 0.3) is 0 Å². The number of ether oxygens (including phenoxy) is 1. The average Bonchev–Trinajstić information content (AvgIpc) is 2.79. The minimum Gasteiger partial charge on any atom is -0.497 e. The van der Waals surface area contributed by atoms with Crippen LogP contribution in [0.2, 0.25) is 0 Å². The van der Waals surface area contributed by atoms with Gasteiger partial charge < -0.3 is 10.5 Å². The molecule has 1 aliphatic heterocycles. The molecule has 2 aromatic carbocycles. The minimum absolute atomic E-state index is 0.279. The van der Waals surface area contributed by atoms with Crippen molar-refractivity contribution in [1.82, 2.24) is 9.91 Å². The lowest BCUT2D eigenvalue weighted by molar-refractivity contribution is 0.0230. The first-order valence-corrected chi connectivity index (χ1v) is 10.3. The third-order valence-corrected chi connectivity index (χ3v) is 5.90. The van der Waals surface area contributed by atoms with Gasteiger partial charge in [-0.05, 0) is 48.2 Å². The van der Waals surface area contributed by atoms with Crippen molar-refractivity contribution in [2.75, 3.05) is 13.7 Å². The third kappa shape index (κ3) is 4.12. The summed E-state index contributed by atoms with van der Waals surface area (Å²) in [6.45, 7) is 0.681. The van der Waals surface area contributed by atoms with Crippen molar-refractivity contribution in [3.8, 4) is 5.75 Å². The van der Waals surface area contributed by atoms with Crippen LogP contribution in [0.5, 0.6) is 5.75 Å². The van der Waals surface area contributed by atoms with Gasteiger partial charge in [0.15, 0.2) is 0 Å². The SMILES string of the molecule is COc1ccc(C2=NN(C(N)=O)C(c3ccccc3)N(C3CCCCC3)C2)cc1. The Balaban J connectivity index is 1.75. The third-order valence-electron chi connectivity index (χ3n) is 5.90. The normalized spacial score (nSPS) is 20.9. The molecule has 1 fully saturated rings. The molecule has 1 unspecified atom stereocenters. The number of carbonyl (C=O) groups is 1. The van der Waals surface area contributed by atoms with Crippen molar-refractivity contribution < 1.29 is 9.53 Å². The van der Waals surface area contributed by atoms with Gasteiger partial charge in [-0.2, -0.15) is 10.1 Å². The van der Waals surface area contributed by atoms with E-state index in [4.69, 9.17) is 15.6 Å². The van der Waals surface area contributed by atoms with Gasteiger partial charge in [-0.15, -0.1) is 0 Å². The number of nitrogens with zero attached hydrogens (tertiary/aromatic N) is 3. The lowest BCUT2D eigenvalue weighted by Crippen LogP contribution is -2.54. The summed E-state index contributed by atoms with van der Waals surface area (Å²) in [5, 5.41) is 6.15. The van der Waals surface area contributed by atoms with Crippen molar-refractivity contribution in [2.45, 2.75) is 44.3 Å². The summed E-state index contributed by atoms with van der Waals surface area (Å²) in [5.74, 6) is 0.795. The van der Waals surface area contributed by atoms with E-state index in [1.807, 2.05) is 54.6 Å². The van der Waals surface area contributed by atoms with Crippen molar-refractivity contribution in [3.63, 3.8) is 0 Å². The van der Waals surface area contributed by atoms with E-state index in [1.54, 1.807) is 7.11 Å². The number of carbonyl (C=O) groups excluding carboxylic acids is 1. The fourth-order valence-electron chi connectivity index (χ4n) is 4.42. The average molecular weight is 393 g/mol. The van der Waals surface area contributed by atoms with Crippen LogP contribution in [0.25, 0.3) is 0 Å². The van der Waals surface area contributed by atoms with E-state index in [0.29, 0.717) is 12.6 Å². The lowest BCUT2D eigenvalue weighted by atomic mass is 9.92. The summed E-state index contributed by atoms with van der Waals surface area (Å²) >= 11 is 0. The van der Waals surface area contributed by atoms with Gasteiger partial charge in [0, 0.05) is 12.6 Å². The first-order valence-electron chi connectivity index (χ1n) is 10.3. The Kier molecular flexibility index (Phi) is 5.81. The van der Waals surface area contributed by atoms with E-state index in [9.17, 15) is 4.79 Å². The van der Waals surface area contributed by atoms with Crippen molar-refractivity contribution in [1.29, 1.82) is 0 Å². The van der Waals surface area contributed by atoms with Crippen LogP contribution in [0.1, 0.15) is 49.4 Å². The molecule has 1 saturated carbocycles. The summed E-state index contributed by atoms with van der Waals surface area (Å²) in [6.07, 6.45) is 5.69. The molecule has 0 bridgehead atoms. The van der Waals surface area contributed by atoms with Gasteiger partial charge in [0.2, 0.25) is 0 Å². The maximum Gasteiger partial charge on any atom is 0.337 e. The number of urea groups is 1. The number of primary amides is 1. The Labute approximate surface area is 171 Å². The molecule has 1 aliphatic carbocycles. The predicted octanol–water partition coefficient (Wildman–Crippen LogP) is 4.13. The van der Waals surface area contributed by atoms with Crippen LogP contribution in [0.4, 0.5) is 4.79 Å². The number of hydrazone groups is 1. The molecule has 0 radical (unpaired) electrons. The first-order chi connectivity index (χ1) is 14.2. The summed E-state index contributed by atoms with van der Waals surface area (Å²) in [5.41, 5.74) is 8.67. The molecule has 1 heterocycles. The summed E-state index contributed by atoms with van der Waals surface area (Å²) in [4.78, 5) is 14.8. The number of hydrogen-bond acceptors (Lipinski definition) is 4. The Bertz CT molecular complexity index is 860. The highest BCUT2D eigenvalue weighted by Crippen LogP contribution is 2.35. The zero-order chi connectivity index (χ0) is 20.2. The summed E-state index contributed by atoms with van der Waals surface area (Å²) in [7, 11) is 1.65. The number of hydrogen-bond donors (Lipinski definition) is 1. The van der Waals surface area contributed by atoms with Gasteiger partial charge >= 0.3 is 6.03 Å². The molecule has 6 heteroatoms. The van der Waals surface area contributed by atoms with E-state index in [2.05, 4.69) is 4.90 Å². The van der Waals surface area contributed by atoms with E-state index in [0.717, 1.165) is 35.4 Å². The Hall–Kier alpha value is -2.86. The number of rotatable bonds is 4. The first kappa shape index (κ1) is 19.5. The highest BCUT2D eigenvalue weighted by atomic mass is 16.5. The summed E-state index contributed by atoms with van der Waals surface area (Å²) < 4.78 is 5.27. The second kappa shape index (κ2) is 8.66. The number of amides is 2.